The first kappa shape index (κ1) is 18.5. The summed E-state index contributed by atoms with van der Waals surface area (Å²) >= 11 is 11.9. The number of nitro benzene ring substituents is 1. The minimum atomic E-state index is -1.24. The molecule has 0 aliphatic carbocycles. The molecular weight excluding hydrogens is 375 g/mol. The second-order valence-electron chi connectivity index (χ2n) is 4.72. The van der Waals surface area contributed by atoms with Gasteiger partial charge in [0.15, 0.2) is 5.75 Å². The first-order valence-electron chi connectivity index (χ1n) is 6.60. The van der Waals surface area contributed by atoms with Crippen molar-refractivity contribution in [3.63, 3.8) is 0 Å². The lowest BCUT2D eigenvalue weighted by atomic mass is 10.1. The Bertz CT molecular complexity index is 885. The van der Waals surface area contributed by atoms with Crippen molar-refractivity contribution in [2.75, 3.05) is 12.4 Å². The molecule has 2 aromatic carbocycles. The average Bonchev–Trinajstić information content (AvgIpc) is 2.54. The van der Waals surface area contributed by atoms with Crippen LogP contribution in [0, 0.1) is 10.1 Å². The van der Waals surface area contributed by atoms with Crippen molar-refractivity contribution in [1.29, 1.82) is 0 Å². The molecule has 0 fully saturated rings. The summed E-state index contributed by atoms with van der Waals surface area (Å²) in [6, 6.07) is 5.69. The molecule has 0 spiro atoms. The number of nitro groups is 1. The third-order valence-corrected chi connectivity index (χ3v) is 3.74. The Morgan fingerprint density at radius 1 is 1.20 bits per heavy atom. The van der Waals surface area contributed by atoms with Crippen LogP contribution in [0.25, 0.3) is 0 Å². The van der Waals surface area contributed by atoms with Gasteiger partial charge in [0.2, 0.25) is 0 Å². The number of nitrogens with zero attached hydrogens (tertiary/aromatic N) is 1. The van der Waals surface area contributed by atoms with Crippen molar-refractivity contribution < 1.29 is 24.4 Å². The van der Waals surface area contributed by atoms with Crippen molar-refractivity contribution in [2.45, 2.75) is 0 Å². The molecule has 10 heteroatoms. The monoisotopic (exact) mass is 384 g/mol. The van der Waals surface area contributed by atoms with E-state index in [1.165, 1.54) is 25.3 Å². The SMILES string of the molecule is COc1c(Cl)cc(C(=O)O)cc1NC(=O)c1ccc([N+](=O)[O-])cc1Cl. The first-order chi connectivity index (χ1) is 11.7. The lowest BCUT2D eigenvalue weighted by Crippen LogP contribution is -2.14. The average molecular weight is 385 g/mol. The van der Waals surface area contributed by atoms with Gasteiger partial charge >= 0.3 is 5.97 Å². The van der Waals surface area contributed by atoms with Crippen LogP contribution in [-0.4, -0.2) is 29.0 Å². The van der Waals surface area contributed by atoms with Crippen molar-refractivity contribution in [3.05, 3.63) is 61.6 Å². The normalized spacial score (nSPS) is 10.2. The number of benzene rings is 2. The molecule has 8 nitrogen and oxygen atoms in total. The van der Waals surface area contributed by atoms with Gasteiger partial charge in [-0.05, 0) is 18.2 Å². The van der Waals surface area contributed by atoms with Gasteiger partial charge in [-0.1, -0.05) is 23.2 Å². The van der Waals surface area contributed by atoms with Crippen molar-refractivity contribution >= 4 is 46.5 Å². The summed E-state index contributed by atoms with van der Waals surface area (Å²) in [6.45, 7) is 0. The number of nitrogens with one attached hydrogen (secondary N) is 1. The van der Waals surface area contributed by atoms with Crippen LogP contribution in [0.15, 0.2) is 30.3 Å². The molecule has 0 atom stereocenters. The molecular formula is C15H10Cl2N2O6. The van der Waals surface area contributed by atoms with Gasteiger partial charge in [0.25, 0.3) is 11.6 Å². The molecule has 0 radical (unpaired) electrons. The fourth-order valence-electron chi connectivity index (χ4n) is 2.01. The highest BCUT2D eigenvalue weighted by atomic mass is 35.5. The molecule has 0 heterocycles. The molecule has 0 unspecified atom stereocenters. The third-order valence-electron chi connectivity index (χ3n) is 3.15. The summed E-state index contributed by atoms with van der Waals surface area (Å²) in [4.78, 5) is 33.5. The quantitative estimate of drug-likeness (QED) is 0.596. The third kappa shape index (κ3) is 3.98. The molecule has 1 amide bonds. The molecule has 2 aromatic rings. The van der Waals surface area contributed by atoms with Gasteiger partial charge in [-0.2, -0.15) is 0 Å². The van der Waals surface area contributed by atoms with E-state index in [0.29, 0.717) is 0 Å². The van der Waals surface area contributed by atoms with E-state index < -0.39 is 16.8 Å². The van der Waals surface area contributed by atoms with E-state index in [1.54, 1.807) is 0 Å². The number of amides is 1. The molecule has 0 aliphatic heterocycles. The van der Waals surface area contributed by atoms with Crippen molar-refractivity contribution in [3.8, 4) is 5.75 Å². The topological polar surface area (TPSA) is 119 Å². The van der Waals surface area contributed by atoms with Crippen LogP contribution in [0.1, 0.15) is 20.7 Å². The van der Waals surface area contributed by atoms with Gasteiger partial charge in [-0.15, -0.1) is 0 Å². The zero-order valence-corrected chi connectivity index (χ0v) is 14.1. The molecule has 0 bridgehead atoms. The summed E-state index contributed by atoms with van der Waals surface area (Å²) in [5, 5.41) is 22.1. The lowest BCUT2D eigenvalue weighted by molar-refractivity contribution is -0.384. The highest BCUT2D eigenvalue weighted by molar-refractivity contribution is 6.35. The fraction of sp³-hybridized carbons (Fsp3) is 0.0667. The number of anilines is 1. The number of methoxy groups -OCH3 is 1. The molecule has 2 rings (SSSR count). The number of carbonyl (C=O) groups is 2. The predicted octanol–water partition coefficient (Wildman–Crippen LogP) is 3.86. The van der Waals surface area contributed by atoms with E-state index in [-0.39, 0.29) is 38.3 Å². The summed E-state index contributed by atoms with van der Waals surface area (Å²) in [6.07, 6.45) is 0. The first-order valence-corrected chi connectivity index (χ1v) is 7.36. The van der Waals surface area contributed by atoms with Crippen LogP contribution in [0.2, 0.25) is 10.0 Å². The molecule has 25 heavy (non-hydrogen) atoms. The number of carboxylic acids is 1. The Labute approximate surface area is 151 Å². The maximum absolute atomic E-state index is 12.4. The number of hydrogen-bond donors (Lipinski definition) is 2. The van der Waals surface area contributed by atoms with E-state index in [2.05, 4.69) is 5.32 Å². The minimum Gasteiger partial charge on any atom is -0.493 e. The van der Waals surface area contributed by atoms with Gasteiger partial charge in [0.05, 0.1) is 38.9 Å². The number of hydrogen-bond acceptors (Lipinski definition) is 5. The van der Waals surface area contributed by atoms with E-state index in [1.807, 2.05) is 0 Å². The fourth-order valence-corrected chi connectivity index (χ4v) is 2.57. The van der Waals surface area contributed by atoms with Crippen LogP contribution >= 0.6 is 23.2 Å². The Morgan fingerprint density at radius 3 is 2.40 bits per heavy atom. The standard InChI is InChI=1S/C15H10Cl2N2O6/c1-25-13-11(17)4-7(15(21)22)5-12(13)18-14(20)9-3-2-8(19(23)24)6-10(9)16/h2-6H,1H3,(H,18,20)(H,21,22). The minimum absolute atomic E-state index is 0.00695. The van der Waals surface area contributed by atoms with Crippen LogP contribution < -0.4 is 10.1 Å². The van der Waals surface area contributed by atoms with E-state index in [0.717, 1.165) is 12.1 Å². The molecule has 0 saturated carbocycles. The Balaban J connectivity index is 2.40. The highest BCUT2D eigenvalue weighted by Gasteiger charge is 2.19. The Morgan fingerprint density at radius 2 is 1.88 bits per heavy atom. The number of non-ortho nitro benzene ring substituents is 1. The van der Waals surface area contributed by atoms with Crippen LogP contribution in [0.4, 0.5) is 11.4 Å². The second kappa shape index (κ2) is 7.37. The maximum Gasteiger partial charge on any atom is 0.335 e. The summed E-state index contributed by atoms with van der Waals surface area (Å²) < 4.78 is 5.07. The maximum atomic E-state index is 12.4. The molecule has 130 valence electrons. The highest BCUT2D eigenvalue weighted by Crippen LogP contribution is 2.35. The lowest BCUT2D eigenvalue weighted by Gasteiger charge is -2.13. The van der Waals surface area contributed by atoms with Crippen LogP contribution in [-0.2, 0) is 0 Å². The number of carboxylic acid groups (broad SMARTS) is 1. The van der Waals surface area contributed by atoms with Gasteiger partial charge in [-0.3, -0.25) is 14.9 Å². The Hall–Kier alpha value is -2.84. The van der Waals surface area contributed by atoms with E-state index in [9.17, 15) is 19.7 Å². The zero-order valence-electron chi connectivity index (χ0n) is 12.6. The molecule has 2 N–H and O–H groups in total. The number of aromatic carboxylic acids is 1. The van der Waals surface area contributed by atoms with Crippen molar-refractivity contribution in [2.24, 2.45) is 0 Å². The van der Waals surface area contributed by atoms with Gasteiger partial charge in [0.1, 0.15) is 0 Å². The van der Waals surface area contributed by atoms with Gasteiger partial charge in [-0.25, -0.2) is 4.79 Å². The smallest absolute Gasteiger partial charge is 0.335 e. The molecule has 0 aliphatic rings. The predicted molar refractivity (Wildman–Crippen MR) is 91.0 cm³/mol. The largest absolute Gasteiger partial charge is 0.493 e. The molecule has 0 aromatic heterocycles. The number of halogens is 2. The van der Waals surface area contributed by atoms with Gasteiger partial charge in [0, 0.05) is 12.1 Å². The zero-order chi connectivity index (χ0) is 18.7. The van der Waals surface area contributed by atoms with Crippen LogP contribution in [0.5, 0.6) is 5.75 Å². The number of ether oxygens (including phenoxy) is 1. The number of carbonyl (C=O) groups excluding carboxylic acids is 1. The van der Waals surface area contributed by atoms with Gasteiger partial charge < -0.3 is 15.2 Å². The molecule has 0 saturated heterocycles. The van der Waals surface area contributed by atoms with E-state index in [4.69, 9.17) is 33.0 Å². The van der Waals surface area contributed by atoms with Crippen molar-refractivity contribution in [1.82, 2.24) is 0 Å². The summed E-state index contributed by atoms with van der Waals surface area (Å²) in [5.41, 5.74) is -0.441. The summed E-state index contributed by atoms with van der Waals surface area (Å²) in [5.74, 6) is -1.89. The second-order valence-corrected chi connectivity index (χ2v) is 5.53. The Kier molecular flexibility index (Phi) is 5.45. The summed E-state index contributed by atoms with van der Waals surface area (Å²) in [7, 11) is 1.30. The number of rotatable bonds is 5. The van der Waals surface area contributed by atoms with E-state index >= 15 is 0 Å². The van der Waals surface area contributed by atoms with Crippen LogP contribution in [0.3, 0.4) is 0 Å².